The summed E-state index contributed by atoms with van der Waals surface area (Å²) in [5, 5.41) is 0. The van der Waals surface area contributed by atoms with Crippen LogP contribution < -0.4 is 5.73 Å². The molecule has 1 aromatic rings. The molecule has 0 spiro atoms. The third kappa shape index (κ3) is 5.62. The minimum Gasteiger partial charge on any atom is -0.385 e. The molecule has 1 aromatic heterocycles. The Labute approximate surface area is 109 Å². The first-order valence-corrected chi connectivity index (χ1v) is 6.60. The number of hydrogen-bond donors (Lipinski definition) is 1. The van der Waals surface area contributed by atoms with E-state index in [1.54, 1.807) is 7.11 Å². The SMILES string of the molecule is CCC(N)Cc1nccn1CCOCCCOC. The van der Waals surface area contributed by atoms with Crippen LogP contribution in [0.4, 0.5) is 0 Å². The van der Waals surface area contributed by atoms with Crippen molar-refractivity contribution in [3.8, 4) is 0 Å². The highest BCUT2D eigenvalue weighted by atomic mass is 16.5. The van der Waals surface area contributed by atoms with Crippen molar-refractivity contribution in [3.63, 3.8) is 0 Å². The van der Waals surface area contributed by atoms with Gasteiger partial charge in [-0.2, -0.15) is 0 Å². The van der Waals surface area contributed by atoms with Crippen LogP contribution in [0.3, 0.4) is 0 Å². The number of aromatic nitrogens is 2. The molecular formula is C13H25N3O2. The molecule has 0 bridgehead atoms. The largest absolute Gasteiger partial charge is 0.385 e. The zero-order valence-corrected chi connectivity index (χ0v) is 11.5. The van der Waals surface area contributed by atoms with E-state index in [0.717, 1.165) is 44.8 Å². The molecule has 18 heavy (non-hydrogen) atoms. The Morgan fingerprint density at radius 2 is 2.22 bits per heavy atom. The normalized spacial score (nSPS) is 12.8. The molecule has 0 radical (unpaired) electrons. The molecule has 0 fully saturated rings. The number of ether oxygens (including phenoxy) is 2. The first-order valence-electron chi connectivity index (χ1n) is 6.60. The highest BCUT2D eigenvalue weighted by Crippen LogP contribution is 2.03. The maximum absolute atomic E-state index is 5.94. The van der Waals surface area contributed by atoms with Gasteiger partial charge in [0.25, 0.3) is 0 Å². The van der Waals surface area contributed by atoms with Crippen molar-refractivity contribution in [1.82, 2.24) is 9.55 Å². The Balaban J connectivity index is 2.23. The van der Waals surface area contributed by atoms with Gasteiger partial charge in [-0.25, -0.2) is 4.98 Å². The van der Waals surface area contributed by atoms with Crippen molar-refractivity contribution in [1.29, 1.82) is 0 Å². The number of hydrogen-bond acceptors (Lipinski definition) is 4. The minimum absolute atomic E-state index is 0.189. The second kappa shape index (κ2) is 9.08. The molecule has 0 amide bonds. The predicted molar refractivity (Wildman–Crippen MR) is 71.5 cm³/mol. The van der Waals surface area contributed by atoms with Crippen molar-refractivity contribution in [3.05, 3.63) is 18.2 Å². The topological polar surface area (TPSA) is 62.3 Å². The van der Waals surface area contributed by atoms with Gasteiger partial charge in [-0.1, -0.05) is 6.92 Å². The number of nitrogens with two attached hydrogens (primary N) is 1. The van der Waals surface area contributed by atoms with E-state index in [1.165, 1.54) is 0 Å². The Bertz CT molecular complexity index is 315. The summed E-state index contributed by atoms with van der Waals surface area (Å²) in [5.74, 6) is 1.05. The number of imidazole rings is 1. The van der Waals surface area contributed by atoms with Gasteiger partial charge >= 0.3 is 0 Å². The van der Waals surface area contributed by atoms with E-state index in [-0.39, 0.29) is 6.04 Å². The molecule has 2 N–H and O–H groups in total. The van der Waals surface area contributed by atoms with Gasteiger partial charge in [0.15, 0.2) is 0 Å². The molecule has 0 aliphatic rings. The van der Waals surface area contributed by atoms with Crippen molar-refractivity contribution in [2.24, 2.45) is 5.73 Å². The van der Waals surface area contributed by atoms with Gasteiger partial charge in [0.2, 0.25) is 0 Å². The number of rotatable bonds is 10. The third-order valence-corrected chi connectivity index (χ3v) is 2.88. The summed E-state index contributed by atoms with van der Waals surface area (Å²) in [5.41, 5.74) is 5.94. The zero-order chi connectivity index (χ0) is 13.2. The summed E-state index contributed by atoms with van der Waals surface area (Å²) in [6.45, 7) is 5.12. The van der Waals surface area contributed by atoms with Gasteiger partial charge in [0.1, 0.15) is 5.82 Å². The molecule has 104 valence electrons. The molecule has 1 atom stereocenters. The van der Waals surface area contributed by atoms with Crippen LogP contribution in [0.25, 0.3) is 0 Å². The molecule has 1 rings (SSSR count). The predicted octanol–water partition coefficient (Wildman–Crippen LogP) is 1.22. The average Bonchev–Trinajstić information content (AvgIpc) is 2.81. The highest BCUT2D eigenvalue weighted by Gasteiger charge is 2.07. The van der Waals surface area contributed by atoms with Gasteiger partial charge < -0.3 is 19.8 Å². The molecule has 0 aromatic carbocycles. The van der Waals surface area contributed by atoms with Crippen LogP contribution in [0.5, 0.6) is 0 Å². The van der Waals surface area contributed by atoms with Gasteiger partial charge in [-0.3, -0.25) is 0 Å². The van der Waals surface area contributed by atoms with E-state index in [4.69, 9.17) is 15.2 Å². The summed E-state index contributed by atoms with van der Waals surface area (Å²) < 4.78 is 12.6. The van der Waals surface area contributed by atoms with Gasteiger partial charge in [-0.15, -0.1) is 0 Å². The quantitative estimate of drug-likeness (QED) is 0.638. The van der Waals surface area contributed by atoms with Crippen molar-refractivity contribution in [2.45, 2.75) is 38.8 Å². The minimum atomic E-state index is 0.189. The molecule has 0 aliphatic carbocycles. The standard InChI is InChI=1S/C13H25N3O2/c1-3-12(14)11-13-15-5-6-16(13)7-10-18-9-4-8-17-2/h5-6,12H,3-4,7-11,14H2,1-2H3. The first kappa shape index (κ1) is 15.1. The van der Waals surface area contributed by atoms with E-state index in [9.17, 15) is 0 Å². The van der Waals surface area contributed by atoms with Crippen LogP contribution in [0.15, 0.2) is 12.4 Å². The van der Waals surface area contributed by atoms with Crippen LogP contribution in [-0.4, -0.2) is 42.5 Å². The Morgan fingerprint density at radius 1 is 1.39 bits per heavy atom. The molecule has 0 saturated heterocycles. The van der Waals surface area contributed by atoms with Crippen LogP contribution in [-0.2, 0) is 22.4 Å². The fourth-order valence-corrected chi connectivity index (χ4v) is 1.68. The van der Waals surface area contributed by atoms with Crippen LogP contribution >= 0.6 is 0 Å². The molecule has 1 heterocycles. The lowest BCUT2D eigenvalue weighted by Gasteiger charge is -2.11. The molecular weight excluding hydrogens is 230 g/mol. The summed E-state index contributed by atoms with van der Waals surface area (Å²) in [6, 6.07) is 0.189. The summed E-state index contributed by atoms with van der Waals surface area (Å²) in [7, 11) is 1.70. The van der Waals surface area contributed by atoms with Crippen molar-refractivity contribution >= 4 is 0 Å². The first-order chi connectivity index (χ1) is 8.77. The lowest BCUT2D eigenvalue weighted by molar-refractivity contribution is 0.0972. The maximum atomic E-state index is 5.94. The number of methoxy groups -OCH3 is 1. The maximum Gasteiger partial charge on any atom is 0.110 e. The highest BCUT2D eigenvalue weighted by molar-refractivity contribution is 4.94. The summed E-state index contributed by atoms with van der Waals surface area (Å²) in [4.78, 5) is 4.34. The van der Waals surface area contributed by atoms with E-state index in [2.05, 4.69) is 16.5 Å². The summed E-state index contributed by atoms with van der Waals surface area (Å²) in [6.07, 6.45) is 6.54. The molecule has 0 saturated carbocycles. The summed E-state index contributed by atoms with van der Waals surface area (Å²) >= 11 is 0. The van der Waals surface area contributed by atoms with Crippen LogP contribution in [0.2, 0.25) is 0 Å². The second-order valence-corrected chi connectivity index (χ2v) is 4.37. The number of nitrogens with zero attached hydrogens (tertiary/aromatic N) is 2. The van der Waals surface area contributed by atoms with Crippen LogP contribution in [0.1, 0.15) is 25.6 Å². The van der Waals surface area contributed by atoms with Crippen molar-refractivity contribution in [2.75, 3.05) is 26.9 Å². The molecule has 0 aliphatic heterocycles. The van der Waals surface area contributed by atoms with E-state index >= 15 is 0 Å². The Hall–Kier alpha value is -0.910. The monoisotopic (exact) mass is 255 g/mol. The molecule has 1 unspecified atom stereocenters. The smallest absolute Gasteiger partial charge is 0.110 e. The average molecular weight is 255 g/mol. The van der Waals surface area contributed by atoms with Crippen molar-refractivity contribution < 1.29 is 9.47 Å². The van der Waals surface area contributed by atoms with E-state index in [0.29, 0.717) is 6.61 Å². The van der Waals surface area contributed by atoms with Gasteiger partial charge in [0, 0.05) is 51.7 Å². The third-order valence-electron chi connectivity index (χ3n) is 2.88. The van der Waals surface area contributed by atoms with Gasteiger partial charge in [0.05, 0.1) is 6.61 Å². The Morgan fingerprint density at radius 3 is 2.94 bits per heavy atom. The van der Waals surface area contributed by atoms with E-state index in [1.807, 2.05) is 12.4 Å². The second-order valence-electron chi connectivity index (χ2n) is 4.37. The Kier molecular flexibility index (Phi) is 7.64. The zero-order valence-electron chi connectivity index (χ0n) is 11.5. The lowest BCUT2D eigenvalue weighted by Crippen LogP contribution is -2.24. The molecule has 5 nitrogen and oxygen atoms in total. The fourth-order valence-electron chi connectivity index (χ4n) is 1.68. The van der Waals surface area contributed by atoms with E-state index < -0.39 is 0 Å². The lowest BCUT2D eigenvalue weighted by atomic mass is 10.1. The fraction of sp³-hybridized carbons (Fsp3) is 0.769. The molecule has 5 heteroatoms. The van der Waals surface area contributed by atoms with Crippen LogP contribution in [0, 0.1) is 0 Å². The van der Waals surface area contributed by atoms with Gasteiger partial charge in [-0.05, 0) is 12.8 Å².